The van der Waals surface area contributed by atoms with Crippen LogP contribution in [0.2, 0.25) is 0 Å². The Hall–Kier alpha value is -3.43. The SMILES string of the molecule is CCOc1ncc2ccccc2c1C(=O)N1CC2CC(Oc3cnc(C(F)(F)F)cn3)C1C2. The first kappa shape index (κ1) is 21.4. The minimum absolute atomic E-state index is 0.00906. The summed E-state index contributed by atoms with van der Waals surface area (Å²) in [5, 5.41) is 1.59. The number of hydrogen-bond acceptors (Lipinski definition) is 6. The van der Waals surface area contributed by atoms with Crippen molar-refractivity contribution in [1.82, 2.24) is 19.9 Å². The molecule has 1 aromatic carbocycles. The van der Waals surface area contributed by atoms with Gasteiger partial charge in [-0.05, 0) is 25.7 Å². The molecule has 0 N–H and O–H groups in total. The van der Waals surface area contributed by atoms with Crippen LogP contribution in [0.25, 0.3) is 10.8 Å². The molecule has 3 aromatic rings. The van der Waals surface area contributed by atoms with Crippen LogP contribution in [-0.2, 0) is 6.18 Å². The number of carbonyl (C=O) groups is 1. The van der Waals surface area contributed by atoms with Gasteiger partial charge in [0.05, 0.1) is 25.0 Å². The highest BCUT2D eigenvalue weighted by molar-refractivity contribution is 6.09. The molecular weight excluding hydrogens is 437 g/mol. The van der Waals surface area contributed by atoms with E-state index in [-0.39, 0.29) is 35.7 Å². The third-order valence-corrected chi connectivity index (χ3v) is 6.14. The number of halogens is 3. The lowest BCUT2D eigenvalue weighted by atomic mass is 10.0. The average Bonchev–Trinajstić information content (AvgIpc) is 3.39. The lowest BCUT2D eigenvalue weighted by molar-refractivity contribution is -0.141. The van der Waals surface area contributed by atoms with Crippen LogP contribution in [0.3, 0.4) is 0 Å². The fourth-order valence-electron chi connectivity index (χ4n) is 4.75. The van der Waals surface area contributed by atoms with Crippen molar-refractivity contribution in [1.29, 1.82) is 0 Å². The Morgan fingerprint density at radius 2 is 1.94 bits per heavy atom. The topological polar surface area (TPSA) is 77.4 Å². The Bertz CT molecular complexity index is 1190. The Morgan fingerprint density at radius 3 is 2.64 bits per heavy atom. The highest BCUT2D eigenvalue weighted by atomic mass is 19.4. The maximum absolute atomic E-state index is 13.7. The molecule has 172 valence electrons. The Morgan fingerprint density at radius 1 is 1.12 bits per heavy atom. The second-order valence-electron chi connectivity index (χ2n) is 8.21. The average molecular weight is 458 g/mol. The van der Waals surface area contributed by atoms with Crippen LogP contribution >= 0.6 is 0 Å². The number of carbonyl (C=O) groups excluding carboxylic acids is 1. The highest BCUT2D eigenvalue weighted by Crippen LogP contribution is 2.41. The Kier molecular flexibility index (Phi) is 5.30. The number of ether oxygens (including phenoxy) is 2. The Balaban J connectivity index is 1.40. The van der Waals surface area contributed by atoms with Crippen LogP contribution in [0.1, 0.15) is 35.8 Å². The lowest BCUT2D eigenvalue weighted by Gasteiger charge is -2.33. The summed E-state index contributed by atoms with van der Waals surface area (Å²) in [4.78, 5) is 27.0. The van der Waals surface area contributed by atoms with E-state index in [1.54, 1.807) is 11.1 Å². The summed E-state index contributed by atoms with van der Waals surface area (Å²) in [5.41, 5.74) is -0.665. The van der Waals surface area contributed by atoms with E-state index in [9.17, 15) is 18.0 Å². The number of aromatic nitrogens is 3. The number of pyridine rings is 1. The predicted octanol–water partition coefficient (Wildman–Crippen LogP) is 4.12. The number of fused-ring (bicyclic) bond motifs is 3. The van der Waals surface area contributed by atoms with E-state index in [0.717, 1.165) is 23.4 Å². The molecule has 10 heteroatoms. The van der Waals surface area contributed by atoms with Gasteiger partial charge >= 0.3 is 6.18 Å². The normalized spacial score (nSPS) is 22.1. The molecule has 1 saturated heterocycles. The maximum Gasteiger partial charge on any atom is 0.434 e. The summed E-state index contributed by atoms with van der Waals surface area (Å²) in [6.07, 6.45) is -0.175. The molecule has 2 fully saturated rings. The van der Waals surface area contributed by atoms with Crippen LogP contribution in [0.5, 0.6) is 11.8 Å². The first-order valence-electron chi connectivity index (χ1n) is 10.7. The standard InChI is InChI=1S/C23H21F3N4O3/c1-2-32-21-20(15-6-4-3-5-14(15)9-29-21)22(31)30-12-13-7-16(30)17(8-13)33-19-11-27-18(10-28-19)23(24,25)26/h3-6,9-11,13,16-17H,2,7-8,12H2,1H3. The van der Waals surface area contributed by atoms with Gasteiger partial charge in [-0.25, -0.2) is 15.0 Å². The molecule has 2 aromatic heterocycles. The molecule has 3 atom stereocenters. The van der Waals surface area contributed by atoms with Crippen molar-refractivity contribution in [2.75, 3.05) is 13.2 Å². The van der Waals surface area contributed by atoms with Crippen molar-refractivity contribution in [2.24, 2.45) is 5.92 Å². The van der Waals surface area contributed by atoms with Crippen molar-refractivity contribution in [2.45, 2.75) is 38.1 Å². The van der Waals surface area contributed by atoms with Crippen LogP contribution in [0, 0.1) is 5.92 Å². The maximum atomic E-state index is 13.7. The number of rotatable bonds is 5. The molecule has 1 saturated carbocycles. The minimum atomic E-state index is -4.56. The second kappa shape index (κ2) is 8.17. The zero-order valence-corrected chi connectivity index (χ0v) is 17.7. The molecule has 2 aliphatic rings. The molecule has 0 radical (unpaired) electrons. The molecule has 3 heterocycles. The largest absolute Gasteiger partial charge is 0.477 e. The third-order valence-electron chi connectivity index (χ3n) is 6.14. The molecule has 1 amide bonds. The van der Waals surface area contributed by atoms with Crippen LogP contribution in [0.15, 0.2) is 42.9 Å². The number of hydrogen-bond donors (Lipinski definition) is 0. The number of alkyl halides is 3. The zero-order valence-electron chi connectivity index (χ0n) is 17.7. The van der Waals surface area contributed by atoms with Gasteiger partial charge in [-0.1, -0.05) is 24.3 Å². The number of amides is 1. The Labute approximate surface area is 187 Å². The molecule has 1 aliphatic carbocycles. The quantitative estimate of drug-likeness (QED) is 0.572. The first-order chi connectivity index (χ1) is 15.8. The van der Waals surface area contributed by atoms with Crippen molar-refractivity contribution in [3.63, 3.8) is 0 Å². The van der Waals surface area contributed by atoms with Gasteiger partial charge in [-0.15, -0.1) is 0 Å². The second-order valence-corrected chi connectivity index (χ2v) is 8.21. The van der Waals surface area contributed by atoms with Gasteiger partial charge in [0, 0.05) is 23.5 Å². The lowest BCUT2D eigenvalue weighted by Crippen LogP contribution is -2.47. The molecule has 0 spiro atoms. The van der Waals surface area contributed by atoms with Crippen molar-refractivity contribution in [3.05, 3.63) is 54.1 Å². The molecule has 2 bridgehead atoms. The summed E-state index contributed by atoms with van der Waals surface area (Å²) in [6, 6.07) is 7.28. The highest BCUT2D eigenvalue weighted by Gasteiger charge is 2.49. The van der Waals surface area contributed by atoms with Crippen molar-refractivity contribution < 1.29 is 27.4 Å². The van der Waals surface area contributed by atoms with E-state index in [4.69, 9.17) is 9.47 Å². The summed E-state index contributed by atoms with van der Waals surface area (Å²) < 4.78 is 49.8. The number of likely N-dealkylation sites (tertiary alicyclic amines) is 1. The number of benzene rings is 1. The molecule has 33 heavy (non-hydrogen) atoms. The zero-order chi connectivity index (χ0) is 23.2. The number of nitrogens with zero attached hydrogens (tertiary/aromatic N) is 4. The first-order valence-corrected chi connectivity index (χ1v) is 10.7. The fourth-order valence-corrected chi connectivity index (χ4v) is 4.75. The predicted molar refractivity (Wildman–Crippen MR) is 112 cm³/mol. The van der Waals surface area contributed by atoms with Gasteiger partial charge in [-0.3, -0.25) is 4.79 Å². The molecule has 1 aliphatic heterocycles. The van der Waals surface area contributed by atoms with Gasteiger partial charge in [0.1, 0.15) is 11.7 Å². The van der Waals surface area contributed by atoms with E-state index < -0.39 is 11.9 Å². The van der Waals surface area contributed by atoms with E-state index in [2.05, 4.69) is 15.0 Å². The van der Waals surface area contributed by atoms with Gasteiger partial charge in [0.15, 0.2) is 5.69 Å². The van der Waals surface area contributed by atoms with Crippen LogP contribution in [-0.4, -0.2) is 51.1 Å². The smallest absolute Gasteiger partial charge is 0.434 e. The minimum Gasteiger partial charge on any atom is -0.477 e. The van der Waals surface area contributed by atoms with E-state index in [0.29, 0.717) is 31.3 Å². The van der Waals surface area contributed by atoms with E-state index >= 15 is 0 Å². The summed E-state index contributed by atoms with van der Waals surface area (Å²) >= 11 is 0. The summed E-state index contributed by atoms with van der Waals surface area (Å²) in [6.45, 7) is 2.78. The fraction of sp³-hybridized carbons (Fsp3) is 0.391. The molecule has 3 unspecified atom stereocenters. The molecule has 5 rings (SSSR count). The molecule has 7 nitrogen and oxygen atoms in total. The van der Waals surface area contributed by atoms with Gasteiger partial charge < -0.3 is 14.4 Å². The summed E-state index contributed by atoms with van der Waals surface area (Å²) in [7, 11) is 0. The van der Waals surface area contributed by atoms with Crippen molar-refractivity contribution in [3.8, 4) is 11.8 Å². The summed E-state index contributed by atoms with van der Waals surface area (Å²) in [5.74, 6) is 0.344. The van der Waals surface area contributed by atoms with Gasteiger partial charge in [-0.2, -0.15) is 13.2 Å². The van der Waals surface area contributed by atoms with Gasteiger partial charge in [0.25, 0.3) is 5.91 Å². The monoisotopic (exact) mass is 458 g/mol. The molecular formula is C23H21F3N4O3. The third kappa shape index (κ3) is 3.94. The van der Waals surface area contributed by atoms with Crippen molar-refractivity contribution >= 4 is 16.7 Å². The number of piperidine rings is 1. The van der Waals surface area contributed by atoms with Crippen LogP contribution < -0.4 is 9.47 Å². The van der Waals surface area contributed by atoms with Gasteiger partial charge in [0.2, 0.25) is 11.8 Å². The van der Waals surface area contributed by atoms with E-state index in [1.807, 2.05) is 31.2 Å². The van der Waals surface area contributed by atoms with Crippen LogP contribution in [0.4, 0.5) is 13.2 Å². The van der Waals surface area contributed by atoms with E-state index in [1.165, 1.54) is 0 Å².